The van der Waals surface area contributed by atoms with Gasteiger partial charge in [-0.3, -0.25) is 9.59 Å². The molecule has 4 nitrogen and oxygen atoms in total. The molecule has 0 saturated carbocycles. The van der Waals surface area contributed by atoms with Crippen LogP contribution in [0.5, 0.6) is 0 Å². The first-order valence-corrected chi connectivity index (χ1v) is 6.73. The molecule has 4 heteroatoms. The van der Waals surface area contributed by atoms with E-state index in [9.17, 15) is 9.59 Å². The second-order valence-electron chi connectivity index (χ2n) is 4.91. The lowest BCUT2D eigenvalue weighted by Crippen LogP contribution is -2.43. The molecule has 0 aliphatic heterocycles. The van der Waals surface area contributed by atoms with Crippen LogP contribution in [0.3, 0.4) is 0 Å². The average Bonchev–Trinajstić information content (AvgIpc) is 2.53. The molecule has 0 aliphatic rings. The zero-order valence-electron chi connectivity index (χ0n) is 12.1. The van der Waals surface area contributed by atoms with E-state index >= 15 is 0 Å². The van der Waals surface area contributed by atoms with Crippen LogP contribution in [0, 0.1) is 0 Å². The topological polar surface area (TPSA) is 63.4 Å². The third-order valence-corrected chi connectivity index (χ3v) is 3.56. The Morgan fingerprint density at radius 1 is 1.00 bits per heavy atom. The van der Waals surface area contributed by atoms with Gasteiger partial charge in [0.25, 0.3) is 5.91 Å². The Hall–Kier alpha value is -2.62. The van der Waals surface area contributed by atoms with E-state index < -0.39 is 11.9 Å². The van der Waals surface area contributed by atoms with E-state index in [2.05, 4.69) is 0 Å². The van der Waals surface area contributed by atoms with Gasteiger partial charge < -0.3 is 10.6 Å². The zero-order valence-corrected chi connectivity index (χ0v) is 12.1. The second kappa shape index (κ2) is 6.22. The van der Waals surface area contributed by atoms with Crippen molar-refractivity contribution >= 4 is 11.8 Å². The number of hydrogen-bond acceptors (Lipinski definition) is 2. The highest BCUT2D eigenvalue weighted by atomic mass is 16.2. The molecule has 0 radical (unpaired) electrons. The van der Waals surface area contributed by atoms with E-state index in [0.717, 1.165) is 11.1 Å². The maximum atomic E-state index is 12.6. The summed E-state index contributed by atoms with van der Waals surface area (Å²) in [5.74, 6) is -0.746. The Balaban J connectivity index is 2.41. The number of primary amides is 1. The number of nitrogens with zero attached hydrogens (tertiary/aromatic N) is 1. The fourth-order valence-corrected chi connectivity index (χ4v) is 2.10. The standard InChI is InChI=1S/C17H18N2O2/c1-12(16(18)20)19(2)17(21)15-11-7-6-10-14(15)13-8-4-3-5-9-13/h3-12H,1-2H3,(H2,18,20). The summed E-state index contributed by atoms with van der Waals surface area (Å²) >= 11 is 0. The SMILES string of the molecule is CC(C(N)=O)N(C)C(=O)c1ccccc1-c1ccccc1. The van der Waals surface area contributed by atoms with E-state index in [-0.39, 0.29) is 5.91 Å². The Morgan fingerprint density at radius 2 is 1.57 bits per heavy atom. The normalized spacial score (nSPS) is 11.7. The van der Waals surface area contributed by atoms with Crippen LogP contribution < -0.4 is 5.73 Å². The highest BCUT2D eigenvalue weighted by Gasteiger charge is 2.23. The molecule has 2 N–H and O–H groups in total. The van der Waals surface area contributed by atoms with Crippen molar-refractivity contribution in [3.8, 4) is 11.1 Å². The molecule has 2 aromatic rings. The van der Waals surface area contributed by atoms with Crippen molar-refractivity contribution in [1.82, 2.24) is 4.90 Å². The molecule has 0 spiro atoms. The van der Waals surface area contributed by atoms with Crippen molar-refractivity contribution in [2.24, 2.45) is 5.73 Å². The summed E-state index contributed by atoms with van der Waals surface area (Å²) in [4.78, 5) is 25.2. The molecule has 2 amide bonds. The average molecular weight is 282 g/mol. The largest absolute Gasteiger partial charge is 0.368 e. The van der Waals surface area contributed by atoms with Crippen LogP contribution in [0.4, 0.5) is 0 Å². The Kier molecular flexibility index (Phi) is 4.38. The van der Waals surface area contributed by atoms with Gasteiger partial charge in [0.15, 0.2) is 0 Å². The van der Waals surface area contributed by atoms with Crippen LogP contribution in [-0.4, -0.2) is 29.8 Å². The molecule has 2 rings (SSSR count). The lowest BCUT2D eigenvalue weighted by molar-refractivity contribution is -0.121. The molecule has 0 fully saturated rings. The van der Waals surface area contributed by atoms with Gasteiger partial charge in [-0.25, -0.2) is 0 Å². The van der Waals surface area contributed by atoms with Crippen LogP contribution in [0.2, 0.25) is 0 Å². The third-order valence-electron chi connectivity index (χ3n) is 3.56. The van der Waals surface area contributed by atoms with Crippen LogP contribution in [0.1, 0.15) is 17.3 Å². The lowest BCUT2D eigenvalue weighted by atomic mass is 9.98. The van der Waals surface area contributed by atoms with Crippen LogP contribution in [0.25, 0.3) is 11.1 Å². The van der Waals surface area contributed by atoms with Gasteiger partial charge in [-0.2, -0.15) is 0 Å². The number of nitrogens with two attached hydrogens (primary N) is 1. The smallest absolute Gasteiger partial charge is 0.254 e. The molecule has 108 valence electrons. The Labute approximate surface area is 124 Å². The maximum Gasteiger partial charge on any atom is 0.254 e. The van der Waals surface area contributed by atoms with E-state index in [4.69, 9.17) is 5.73 Å². The van der Waals surface area contributed by atoms with Crippen LogP contribution >= 0.6 is 0 Å². The van der Waals surface area contributed by atoms with Gasteiger partial charge in [0, 0.05) is 12.6 Å². The van der Waals surface area contributed by atoms with Gasteiger partial charge in [0.1, 0.15) is 6.04 Å². The highest BCUT2D eigenvalue weighted by molar-refractivity contribution is 6.02. The van der Waals surface area contributed by atoms with Crippen molar-refractivity contribution in [2.75, 3.05) is 7.05 Å². The number of amides is 2. The molecule has 0 saturated heterocycles. The molecule has 0 aromatic heterocycles. The zero-order chi connectivity index (χ0) is 15.4. The second-order valence-corrected chi connectivity index (χ2v) is 4.91. The van der Waals surface area contributed by atoms with E-state index in [0.29, 0.717) is 5.56 Å². The molecule has 0 bridgehead atoms. The number of carbonyl (C=O) groups excluding carboxylic acids is 2. The van der Waals surface area contributed by atoms with Gasteiger partial charge >= 0.3 is 0 Å². The first kappa shape index (κ1) is 14.8. The van der Waals surface area contributed by atoms with E-state index in [1.807, 2.05) is 48.5 Å². The first-order chi connectivity index (χ1) is 10.0. The van der Waals surface area contributed by atoms with Crippen molar-refractivity contribution in [2.45, 2.75) is 13.0 Å². The highest BCUT2D eigenvalue weighted by Crippen LogP contribution is 2.24. The number of rotatable bonds is 4. The number of hydrogen-bond donors (Lipinski definition) is 1. The molecular weight excluding hydrogens is 264 g/mol. The van der Waals surface area contributed by atoms with Crippen molar-refractivity contribution in [3.63, 3.8) is 0 Å². The maximum absolute atomic E-state index is 12.6. The van der Waals surface area contributed by atoms with Crippen LogP contribution in [0.15, 0.2) is 54.6 Å². The van der Waals surface area contributed by atoms with Crippen molar-refractivity contribution < 1.29 is 9.59 Å². The van der Waals surface area contributed by atoms with Crippen molar-refractivity contribution in [1.29, 1.82) is 0 Å². The quantitative estimate of drug-likeness (QED) is 0.935. The Morgan fingerprint density at radius 3 is 2.19 bits per heavy atom. The summed E-state index contributed by atoms with van der Waals surface area (Å²) in [6.45, 7) is 1.62. The molecule has 1 atom stereocenters. The monoisotopic (exact) mass is 282 g/mol. The van der Waals surface area contributed by atoms with Gasteiger partial charge in [-0.1, -0.05) is 48.5 Å². The van der Waals surface area contributed by atoms with Gasteiger partial charge in [-0.15, -0.1) is 0 Å². The molecule has 2 aromatic carbocycles. The summed E-state index contributed by atoms with van der Waals surface area (Å²) in [5.41, 5.74) is 7.62. The molecule has 21 heavy (non-hydrogen) atoms. The van der Waals surface area contributed by atoms with Gasteiger partial charge in [0.05, 0.1) is 0 Å². The van der Waals surface area contributed by atoms with Gasteiger partial charge in [0.2, 0.25) is 5.91 Å². The predicted molar refractivity (Wildman–Crippen MR) is 82.6 cm³/mol. The fourth-order valence-electron chi connectivity index (χ4n) is 2.10. The molecule has 0 heterocycles. The predicted octanol–water partition coefficient (Wildman–Crippen LogP) is 2.30. The number of likely N-dealkylation sites (N-methyl/N-ethyl adjacent to an activating group) is 1. The molecule has 0 aliphatic carbocycles. The minimum absolute atomic E-state index is 0.222. The minimum atomic E-state index is -0.652. The lowest BCUT2D eigenvalue weighted by Gasteiger charge is -2.23. The summed E-state index contributed by atoms with van der Waals surface area (Å²) in [6.07, 6.45) is 0. The minimum Gasteiger partial charge on any atom is -0.368 e. The summed E-state index contributed by atoms with van der Waals surface area (Å²) < 4.78 is 0. The first-order valence-electron chi connectivity index (χ1n) is 6.73. The number of benzene rings is 2. The van der Waals surface area contributed by atoms with Gasteiger partial charge in [-0.05, 0) is 24.1 Å². The number of carbonyl (C=O) groups is 2. The summed E-state index contributed by atoms with van der Waals surface area (Å²) in [5, 5.41) is 0. The Bertz CT molecular complexity index is 653. The van der Waals surface area contributed by atoms with E-state index in [1.54, 1.807) is 20.0 Å². The van der Waals surface area contributed by atoms with E-state index in [1.165, 1.54) is 4.90 Å². The van der Waals surface area contributed by atoms with Crippen LogP contribution in [-0.2, 0) is 4.79 Å². The summed E-state index contributed by atoms with van der Waals surface area (Å²) in [7, 11) is 1.58. The molecule has 1 unspecified atom stereocenters. The van der Waals surface area contributed by atoms with Crippen molar-refractivity contribution in [3.05, 3.63) is 60.2 Å². The third kappa shape index (κ3) is 3.11. The fraction of sp³-hybridized carbons (Fsp3) is 0.176. The molecular formula is C17H18N2O2. The summed E-state index contributed by atoms with van der Waals surface area (Å²) in [6, 6.07) is 16.4.